The Morgan fingerprint density at radius 1 is 0.414 bits per heavy atom. The summed E-state index contributed by atoms with van der Waals surface area (Å²) < 4.78 is 9.66. The molecule has 0 saturated heterocycles. The molecule has 7 aromatic carbocycles. The van der Waals surface area contributed by atoms with Gasteiger partial charge in [-0.15, -0.1) is 0 Å². The normalized spacial score (nSPS) is 16.1. The van der Waals surface area contributed by atoms with Crippen molar-refractivity contribution in [1.82, 2.24) is 8.97 Å². The van der Waals surface area contributed by atoms with Gasteiger partial charge in [0.2, 0.25) is 0 Å². The third kappa shape index (κ3) is 25.4. The largest absolute Gasteiger partial charge is 2.00 e. The van der Waals surface area contributed by atoms with Crippen molar-refractivity contribution in [2.24, 2.45) is 25.9 Å². The smallest absolute Gasteiger partial charge is 0.358 e. The Kier molecular flexibility index (Phi) is 45.4. The number of para-hydroxylation sites is 2. The summed E-state index contributed by atoms with van der Waals surface area (Å²) in [4.78, 5) is 4.70. The molecule has 1 aliphatic heterocycles. The molecule has 6 fully saturated rings. The van der Waals surface area contributed by atoms with Crippen molar-refractivity contribution in [2.45, 2.75) is 305 Å². The Bertz CT molecular complexity index is 4430. The van der Waals surface area contributed by atoms with Gasteiger partial charge in [-0.2, -0.15) is 8.97 Å². The van der Waals surface area contributed by atoms with E-state index >= 15 is 0 Å². The molecule has 6 aliphatic carbocycles. The van der Waals surface area contributed by atoms with Crippen LogP contribution in [-0.4, -0.2) is 15.1 Å². The fourth-order valence-electron chi connectivity index (χ4n) is 19.1. The van der Waals surface area contributed by atoms with Crippen LogP contribution in [0.1, 0.15) is 321 Å². The minimum atomic E-state index is 0. The molecule has 6 saturated carbocycles. The Balaban J connectivity index is 0.000000402. The van der Waals surface area contributed by atoms with E-state index in [9.17, 15) is 0 Å². The summed E-state index contributed by atoms with van der Waals surface area (Å²) in [7, 11) is 4.39. The van der Waals surface area contributed by atoms with Gasteiger partial charge < -0.3 is 54.4 Å². The molecule has 10 aromatic rings. The monoisotopic (exact) mass is 2100 g/mol. The summed E-state index contributed by atoms with van der Waals surface area (Å²) in [5.41, 5.74) is 25.3. The van der Waals surface area contributed by atoms with Crippen molar-refractivity contribution in [3.63, 3.8) is 0 Å². The van der Waals surface area contributed by atoms with Gasteiger partial charge in [0.05, 0.1) is 25.0 Å². The van der Waals surface area contributed by atoms with Crippen LogP contribution in [0.4, 0.5) is 11.4 Å². The number of aromatic nitrogens is 4. The van der Waals surface area contributed by atoms with Crippen molar-refractivity contribution < 1.29 is 68.5 Å². The van der Waals surface area contributed by atoms with Crippen LogP contribution in [0.3, 0.4) is 0 Å². The Morgan fingerprint density at radius 2 is 0.828 bits per heavy atom. The molecular formula is C107H154N6Os3+2. The number of imidazole rings is 2. The topological polar surface area (TPSA) is 23.6 Å². The first kappa shape index (κ1) is 104. The average molecular weight is 2100 g/mol. The summed E-state index contributed by atoms with van der Waals surface area (Å²) >= 11 is 0. The van der Waals surface area contributed by atoms with Crippen LogP contribution in [-0.2, 0) is 86.3 Å². The third-order valence-corrected chi connectivity index (χ3v) is 24.9. The first-order chi connectivity index (χ1) is 51.9. The van der Waals surface area contributed by atoms with Gasteiger partial charge in [0.1, 0.15) is 36.0 Å². The van der Waals surface area contributed by atoms with Gasteiger partial charge in [-0.05, 0) is 195 Å². The molecule has 0 radical (unpaired) electrons. The summed E-state index contributed by atoms with van der Waals surface area (Å²) in [6.07, 6.45) is 52.7. The minimum Gasteiger partial charge on any atom is -0.358 e. The number of hydrogen-bond acceptors (Lipinski definition) is 2. The van der Waals surface area contributed by atoms with E-state index in [1.807, 2.05) is 0 Å². The Labute approximate surface area is 749 Å². The molecule has 3 aromatic heterocycles. The molecule has 7 aliphatic rings. The molecule has 0 amide bonds. The first-order valence-electron chi connectivity index (χ1n) is 43.1. The summed E-state index contributed by atoms with van der Waals surface area (Å²) in [6.45, 7) is 27.8. The minimum absolute atomic E-state index is 0. The van der Waals surface area contributed by atoms with Crippen molar-refractivity contribution in [3.8, 4) is 28.3 Å². The second-order valence-corrected chi connectivity index (χ2v) is 34.9. The molecule has 0 spiro atoms. The van der Waals surface area contributed by atoms with E-state index < -0.39 is 0 Å². The van der Waals surface area contributed by atoms with Gasteiger partial charge in [0, 0.05) is 51.2 Å². The molecule has 0 N–H and O–H groups in total. The van der Waals surface area contributed by atoms with Crippen LogP contribution in [0.2, 0.25) is 0 Å². The van der Waals surface area contributed by atoms with Gasteiger partial charge in [-0.1, -0.05) is 299 Å². The van der Waals surface area contributed by atoms with Gasteiger partial charge in [0.25, 0.3) is 11.5 Å². The van der Waals surface area contributed by atoms with Gasteiger partial charge in [-0.25, -0.2) is 9.13 Å². The number of hydrogen-bond donors (Lipinski definition) is 0. The van der Waals surface area contributed by atoms with Crippen LogP contribution >= 0.6 is 0 Å². The molecular weight excluding hydrogens is 1940 g/mol. The summed E-state index contributed by atoms with van der Waals surface area (Å²) in [5.74, 6) is 5.70. The van der Waals surface area contributed by atoms with Crippen molar-refractivity contribution in [2.75, 3.05) is 9.80 Å². The SMILES string of the molecule is C1CCCC1.C1CCCC1.C1CCCC1.Cc1cccc2c3ccccc3n3c(-c4c(CC(C)C)cc(C5CCCC5)cc4CC(C)C)c[n+](C)c3c12.Cc1ccccc1-c1n(-c2c(C(C)C)cc(C3CCCC3)cc2C(C)C)cc[n+]1C.Cc1ccccc1N1C=CN(c2ccc(C3CCCC3)cc2)[C@@H]1C.[CH3-].[CH3-].[CH3-].[CH3-].[CH3-].[CH3-].[Os+2].[Os+2].[Os+2]. The van der Waals surface area contributed by atoms with Crippen LogP contribution in [0.5, 0.6) is 0 Å². The van der Waals surface area contributed by atoms with E-state index in [1.54, 1.807) is 11.1 Å². The summed E-state index contributed by atoms with van der Waals surface area (Å²) in [6, 6.07) is 52.6. The molecule has 17 rings (SSSR count). The molecule has 9 heteroatoms. The zero-order valence-electron chi connectivity index (χ0n) is 76.0. The van der Waals surface area contributed by atoms with E-state index in [-0.39, 0.29) is 104 Å². The van der Waals surface area contributed by atoms with Crippen molar-refractivity contribution in [3.05, 3.63) is 271 Å². The van der Waals surface area contributed by atoms with Gasteiger partial charge >= 0.3 is 59.4 Å². The molecule has 634 valence electrons. The second kappa shape index (κ2) is 50.4. The first-order valence-corrected chi connectivity index (χ1v) is 43.1. The average Bonchev–Trinajstić information content (AvgIpc) is 1.32. The van der Waals surface area contributed by atoms with E-state index in [2.05, 4.69) is 296 Å². The Hall–Kier alpha value is -5.79. The van der Waals surface area contributed by atoms with Crippen molar-refractivity contribution in [1.29, 1.82) is 0 Å². The van der Waals surface area contributed by atoms with E-state index in [0.717, 1.165) is 30.6 Å². The van der Waals surface area contributed by atoms with Gasteiger partial charge in [0.15, 0.2) is 5.69 Å². The zero-order valence-corrected chi connectivity index (χ0v) is 83.7. The fraction of sp³-hybridized carbons (Fsp3) is 0.477. The van der Waals surface area contributed by atoms with Crippen LogP contribution in [0, 0.1) is 77.2 Å². The van der Waals surface area contributed by atoms with Crippen LogP contribution in [0.25, 0.3) is 55.7 Å². The fourth-order valence-corrected chi connectivity index (χ4v) is 19.1. The molecule has 116 heavy (non-hydrogen) atoms. The van der Waals surface area contributed by atoms with Crippen LogP contribution < -0.4 is 18.9 Å². The molecule has 0 unspecified atom stereocenters. The second-order valence-electron chi connectivity index (χ2n) is 34.9. The number of anilines is 2. The standard InChI is InChI=1S/C36H43N2.C28H37N2.C22H26N2.3C5H10.6CH3.3Os/c1-23(2)18-28-20-27(26-13-7-8-14-26)21-29(19-24(3)4)35(28)33-22-37(6)36-34-25(5)12-11-16-31(34)30-15-9-10-17-32(30)38(33)36;1-19(2)25-17-23(22-12-8-9-13-22)18-26(20(3)4)27(25)30-16-15-29(6)28(30)24-14-10-7-11-21(24)5;1-17-7-3-6-10-22(17)24-16-15-23(18(24)2)21-13-11-20(12-14-21)19-8-4-5-9-19;3*1-2-4-5-3-1;;;;;;;;;/h9-12,15-17,20-24,26H,7-8,13-14,18-19H2,1-6H3;7,10-11,14-20,22H,8-9,12-13H2,1-6H3;3,6-7,10-16,18-19H,4-5,8-9H2,1-2H3;3*1-5H2;6*1H3;;;/q2*+1;;;;;6*-1;3*+2/t;;18-;;;;;;;;;;;;/m..0............/s1. The number of fused-ring (bicyclic) bond motifs is 6. The third-order valence-electron chi connectivity index (χ3n) is 24.9. The number of rotatable bonds is 14. The molecule has 4 heterocycles. The molecule has 1 atom stereocenters. The number of aryl methyl sites for hydroxylation is 5. The maximum Gasteiger partial charge on any atom is 2.00 e. The van der Waals surface area contributed by atoms with E-state index in [0.29, 0.717) is 29.8 Å². The van der Waals surface area contributed by atoms with Crippen molar-refractivity contribution >= 4 is 38.7 Å². The maximum absolute atomic E-state index is 2.60. The summed E-state index contributed by atoms with van der Waals surface area (Å²) in [5, 5.41) is 4.03. The maximum atomic E-state index is 2.60. The Morgan fingerprint density at radius 3 is 1.29 bits per heavy atom. The van der Waals surface area contributed by atoms with Crippen LogP contribution in [0.15, 0.2) is 171 Å². The van der Waals surface area contributed by atoms with E-state index in [1.165, 1.54) is 285 Å². The van der Waals surface area contributed by atoms with Gasteiger partial charge in [-0.3, -0.25) is 0 Å². The number of pyridine rings is 1. The predicted octanol–water partition coefficient (Wildman–Crippen LogP) is 30.6. The van der Waals surface area contributed by atoms with E-state index in [4.69, 9.17) is 0 Å². The predicted molar refractivity (Wildman–Crippen MR) is 499 cm³/mol. The number of nitrogens with zero attached hydrogens (tertiary/aromatic N) is 6. The molecule has 0 bridgehead atoms. The zero-order chi connectivity index (χ0) is 75.1. The molecule has 6 nitrogen and oxygen atoms in total. The number of benzene rings is 7. The quantitative estimate of drug-likeness (QED) is 0.0615.